The van der Waals surface area contributed by atoms with Gasteiger partial charge in [0.25, 0.3) is 0 Å². The van der Waals surface area contributed by atoms with Crippen molar-refractivity contribution in [1.29, 1.82) is 0 Å². The first-order valence-electron chi connectivity index (χ1n) is 6.36. The zero-order valence-corrected chi connectivity index (χ0v) is 11.6. The minimum Gasteiger partial charge on any atom is -0.492 e. The molecule has 0 unspecified atom stereocenters. The van der Waals surface area contributed by atoms with Crippen molar-refractivity contribution in [3.05, 3.63) is 29.8 Å². The molecule has 0 aliphatic heterocycles. The molecular weight excluding hydrogens is 303 g/mol. The number of nitrogens with one attached hydrogen (secondary N) is 2. The fraction of sp³-hybridized carbons (Fsp3) is 0.385. The van der Waals surface area contributed by atoms with Crippen LogP contribution < -0.4 is 21.1 Å². The van der Waals surface area contributed by atoms with Crippen LogP contribution in [-0.2, 0) is 15.8 Å². The molecular formula is C13H16F3N3O3. The Morgan fingerprint density at radius 1 is 1.18 bits per heavy atom. The summed E-state index contributed by atoms with van der Waals surface area (Å²) >= 11 is 0. The molecule has 0 aromatic heterocycles. The molecule has 2 amide bonds. The maximum Gasteiger partial charge on any atom is 0.416 e. The van der Waals surface area contributed by atoms with Gasteiger partial charge >= 0.3 is 6.18 Å². The van der Waals surface area contributed by atoms with Crippen LogP contribution in [0.25, 0.3) is 0 Å². The third-order valence-corrected chi connectivity index (χ3v) is 2.49. The van der Waals surface area contributed by atoms with E-state index in [2.05, 4.69) is 10.6 Å². The number of carbonyl (C=O) groups is 2. The summed E-state index contributed by atoms with van der Waals surface area (Å²) < 4.78 is 42.6. The Hall–Kier alpha value is -2.29. The quantitative estimate of drug-likeness (QED) is 0.629. The lowest BCUT2D eigenvalue weighted by molar-refractivity contribution is -0.137. The fourth-order valence-corrected chi connectivity index (χ4v) is 1.44. The number of amides is 2. The Labute approximate surface area is 124 Å². The van der Waals surface area contributed by atoms with Crippen molar-refractivity contribution in [1.82, 2.24) is 10.6 Å². The summed E-state index contributed by atoms with van der Waals surface area (Å²) in [6.07, 6.45) is -4.44. The van der Waals surface area contributed by atoms with E-state index in [-0.39, 0.29) is 32.0 Å². The van der Waals surface area contributed by atoms with E-state index in [1.807, 2.05) is 0 Å². The number of hydrogen-bond donors (Lipinski definition) is 3. The summed E-state index contributed by atoms with van der Waals surface area (Å²) in [5, 5.41) is 4.71. The molecule has 0 bridgehead atoms. The van der Waals surface area contributed by atoms with Crippen LogP contribution in [0.15, 0.2) is 24.3 Å². The maximum atomic E-state index is 12.5. The monoisotopic (exact) mass is 319 g/mol. The average Bonchev–Trinajstić information content (AvgIpc) is 2.48. The Balaban J connectivity index is 2.30. The molecule has 9 heteroatoms. The van der Waals surface area contributed by atoms with Gasteiger partial charge in [0, 0.05) is 0 Å². The van der Waals surface area contributed by atoms with Crippen LogP contribution in [0.4, 0.5) is 13.2 Å². The van der Waals surface area contributed by atoms with Crippen LogP contribution >= 0.6 is 0 Å². The summed E-state index contributed by atoms with van der Waals surface area (Å²) in [5.74, 6) is -0.856. The summed E-state index contributed by atoms with van der Waals surface area (Å²) in [4.78, 5) is 22.1. The van der Waals surface area contributed by atoms with Crippen molar-refractivity contribution < 1.29 is 27.5 Å². The molecule has 4 N–H and O–H groups in total. The number of halogens is 3. The molecule has 0 radical (unpaired) electrons. The molecule has 6 nitrogen and oxygen atoms in total. The lowest BCUT2D eigenvalue weighted by atomic mass is 10.2. The second kappa shape index (κ2) is 8.23. The molecule has 0 spiro atoms. The van der Waals surface area contributed by atoms with Crippen LogP contribution in [0.3, 0.4) is 0 Å². The molecule has 1 aromatic rings. The van der Waals surface area contributed by atoms with Crippen LogP contribution in [-0.4, -0.2) is 38.1 Å². The van der Waals surface area contributed by atoms with E-state index in [9.17, 15) is 22.8 Å². The average molecular weight is 319 g/mol. The van der Waals surface area contributed by atoms with Crippen molar-refractivity contribution in [3.63, 3.8) is 0 Å². The number of nitrogens with two attached hydrogens (primary N) is 1. The molecule has 0 aliphatic carbocycles. The van der Waals surface area contributed by atoms with E-state index in [4.69, 9.17) is 10.5 Å². The van der Waals surface area contributed by atoms with Gasteiger partial charge in [0.05, 0.1) is 25.2 Å². The van der Waals surface area contributed by atoms with Crippen molar-refractivity contribution >= 4 is 11.8 Å². The van der Waals surface area contributed by atoms with Crippen molar-refractivity contribution in [2.24, 2.45) is 5.73 Å². The molecule has 1 rings (SSSR count). The molecule has 0 atom stereocenters. The molecule has 1 aromatic carbocycles. The van der Waals surface area contributed by atoms with Crippen molar-refractivity contribution in [3.8, 4) is 5.75 Å². The highest BCUT2D eigenvalue weighted by Gasteiger charge is 2.30. The highest BCUT2D eigenvalue weighted by molar-refractivity contribution is 5.85. The van der Waals surface area contributed by atoms with Gasteiger partial charge in [-0.3, -0.25) is 9.59 Å². The number of carbonyl (C=O) groups excluding carboxylic acids is 2. The minimum absolute atomic E-state index is 0.00210. The molecule has 0 heterocycles. The first kappa shape index (κ1) is 17.8. The maximum absolute atomic E-state index is 12.5. The topological polar surface area (TPSA) is 93.5 Å². The van der Waals surface area contributed by atoms with Crippen molar-refractivity contribution in [2.75, 3.05) is 26.2 Å². The Morgan fingerprint density at radius 2 is 1.91 bits per heavy atom. The van der Waals surface area contributed by atoms with E-state index < -0.39 is 23.6 Å². The van der Waals surface area contributed by atoms with Crippen LogP contribution in [0, 0.1) is 0 Å². The zero-order chi connectivity index (χ0) is 16.6. The molecule has 22 heavy (non-hydrogen) atoms. The minimum atomic E-state index is -4.44. The highest BCUT2D eigenvalue weighted by atomic mass is 19.4. The smallest absolute Gasteiger partial charge is 0.416 e. The van der Waals surface area contributed by atoms with Gasteiger partial charge in [-0.25, -0.2) is 0 Å². The molecule has 0 aliphatic rings. The van der Waals surface area contributed by atoms with E-state index in [1.54, 1.807) is 0 Å². The Bertz CT molecular complexity index is 521. The SMILES string of the molecule is NCC(=O)NCC(=O)NCCOc1cccc(C(F)(F)F)c1. The van der Waals surface area contributed by atoms with Gasteiger partial charge in [0.2, 0.25) is 11.8 Å². The zero-order valence-electron chi connectivity index (χ0n) is 11.6. The lowest BCUT2D eigenvalue weighted by Gasteiger charge is -2.11. The van der Waals surface area contributed by atoms with E-state index in [0.717, 1.165) is 12.1 Å². The van der Waals surface area contributed by atoms with Crippen LogP contribution in [0.1, 0.15) is 5.56 Å². The second-order valence-corrected chi connectivity index (χ2v) is 4.20. The van der Waals surface area contributed by atoms with Gasteiger partial charge in [-0.1, -0.05) is 6.07 Å². The summed E-state index contributed by atoms with van der Waals surface area (Å²) in [6, 6.07) is 4.44. The van der Waals surface area contributed by atoms with Gasteiger partial charge in [-0.05, 0) is 18.2 Å². The first-order chi connectivity index (χ1) is 10.3. The third-order valence-electron chi connectivity index (χ3n) is 2.49. The third kappa shape index (κ3) is 6.44. The number of hydrogen-bond acceptors (Lipinski definition) is 4. The summed E-state index contributed by atoms with van der Waals surface area (Å²) in [5.41, 5.74) is 4.24. The molecule has 0 fully saturated rings. The van der Waals surface area contributed by atoms with E-state index in [1.165, 1.54) is 12.1 Å². The number of ether oxygens (including phenoxy) is 1. The predicted molar refractivity (Wildman–Crippen MR) is 72.0 cm³/mol. The molecule has 122 valence electrons. The Kier molecular flexibility index (Phi) is 6.64. The van der Waals surface area contributed by atoms with Gasteiger partial charge < -0.3 is 21.1 Å². The van der Waals surface area contributed by atoms with Crippen molar-refractivity contribution in [2.45, 2.75) is 6.18 Å². The predicted octanol–water partition coefficient (Wildman–Crippen LogP) is 0.275. The molecule has 0 saturated carbocycles. The summed E-state index contributed by atoms with van der Waals surface area (Å²) in [7, 11) is 0. The van der Waals surface area contributed by atoms with E-state index >= 15 is 0 Å². The number of rotatable bonds is 7. The van der Waals surface area contributed by atoms with Crippen LogP contribution in [0.2, 0.25) is 0 Å². The highest BCUT2D eigenvalue weighted by Crippen LogP contribution is 2.31. The largest absolute Gasteiger partial charge is 0.492 e. The standard InChI is InChI=1S/C13H16F3N3O3/c14-13(15,16)9-2-1-3-10(6-9)22-5-4-18-12(21)8-19-11(20)7-17/h1-3,6H,4-5,7-8,17H2,(H,18,21)(H,19,20). The van der Waals surface area contributed by atoms with Crippen LogP contribution in [0.5, 0.6) is 5.75 Å². The Morgan fingerprint density at radius 3 is 2.55 bits per heavy atom. The lowest BCUT2D eigenvalue weighted by Crippen LogP contribution is -2.40. The molecule has 0 saturated heterocycles. The summed E-state index contributed by atoms with van der Waals surface area (Å²) in [6.45, 7) is -0.350. The normalized spacial score (nSPS) is 10.9. The van der Waals surface area contributed by atoms with E-state index in [0.29, 0.717) is 0 Å². The second-order valence-electron chi connectivity index (χ2n) is 4.20. The fourth-order valence-electron chi connectivity index (χ4n) is 1.44. The van der Waals surface area contributed by atoms with Gasteiger partial charge in [0.15, 0.2) is 0 Å². The number of benzene rings is 1. The van der Waals surface area contributed by atoms with Gasteiger partial charge in [-0.2, -0.15) is 13.2 Å². The van der Waals surface area contributed by atoms with Gasteiger partial charge in [-0.15, -0.1) is 0 Å². The number of alkyl halides is 3. The van der Waals surface area contributed by atoms with Gasteiger partial charge in [0.1, 0.15) is 12.4 Å². The first-order valence-corrected chi connectivity index (χ1v) is 6.36.